The molecule has 4 aromatic carbocycles. The van der Waals surface area contributed by atoms with Crippen molar-refractivity contribution < 1.29 is 0 Å². The molecule has 2 aromatic heterocycles. The van der Waals surface area contributed by atoms with E-state index < -0.39 is 0 Å². The van der Waals surface area contributed by atoms with Crippen molar-refractivity contribution in [1.82, 2.24) is 0 Å². The van der Waals surface area contributed by atoms with Crippen LogP contribution < -0.4 is 0 Å². The van der Waals surface area contributed by atoms with Gasteiger partial charge in [0.05, 0.1) is 0 Å². The molecule has 0 saturated carbocycles. The van der Waals surface area contributed by atoms with E-state index in [0.717, 1.165) is 0 Å². The van der Waals surface area contributed by atoms with Gasteiger partial charge in [-0.15, -0.1) is 22.7 Å². The Bertz CT molecular complexity index is 1580. The summed E-state index contributed by atoms with van der Waals surface area (Å²) in [4.78, 5) is 5.55. The summed E-state index contributed by atoms with van der Waals surface area (Å²) in [7, 11) is 0. The standard InChI is InChI=1S/C32H20S2/c1-17-3-7-19(8-4-17)27-15-25-21-11-12-22-26-16-28(20-9-5-18(2)6-10-20)34-32(26)24-14-13-23(31(25)33-27)29(21)30(22)24/h3-16H,1-2H3. The summed E-state index contributed by atoms with van der Waals surface area (Å²) in [6, 6.07) is 32.1. The number of aryl methyl sites for hydroxylation is 2. The molecule has 0 saturated heterocycles. The Kier molecular flexibility index (Phi) is 3.65. The largest absolute Gasteiger partial charge is 0.135 e. The van der Waals surface area contributed by atoms with Crippen LogP contribution in [0.1, 0.15) is 11.1 Å². The minimum Gasteiger partial charge on any atom is -0.135 e. The van der Waals surface area contributed by atoms with Crippen molar-refractivity contribution in [2.45, 2.75) is 13.8 Å². The fraction of sp³-hybridized carbons (Fsp3) is 0.0625. The van der Waals surface area contributed by atoms with Crippen LogP contribution in [0.3, 0.4) is 0 Å². The maximum Gasteiger partial charge on any atom is 0.0434 e. The molecule has 2 heteroatoms. The highest BCUT2D eigenvalue weighted by Gasteiger charge is 2.32. The first-order chi connectivity index (χ1) is 16.7. The van der Waals surface area contributed by atoms with Gasteiger partial charge in [-0.25, -0.2) is 0 Å². The molecule has 0 amide bonds. The molecule has 0 nitrogen and oxygen atoms in total. The lowest BCUT2D eigenvalue weighted by Crippen LogP contribution is -1.80. The predicted octanol–water partition coefficient (Wildman–Crippen LogP) is 10.2. The zero-order valence-electron chi connectivity index (χ0n) is 18.9. The molecule has 0 unspecified atom stereocenters. The molecule has 0 aliphatic heterocycles. The van der Waals surface area contributed by atoms with E-state index in [4.69, 9.17) is 0 Å². The molecule has 2 aliphatic carbocycles. The molecule has 0 bridgehead atoms. The van der Waals surface area contributed by atoms with E-state index in [1.54, 1.807) is 0 Å². The van der Waals surface area contributed by atoms with Crippen LogP contribution in [0.4, 0.5) is 0 Å². The molecule has 0 spiro atoms. The lowest BCUT2D eigenvalue weighted by atomic mass is 9.97. The van der Waals surface area contributed by atoms with Crippen LogP contribution in [0.15, 0.2) is 84.9 Å². The molecule has 0 fully saturated rings. The second-order valence-electron chi connectivity index (χ2n) is 9.51. The molecule has 2 heterocycles. The van der Waals surface area contributed by atoms with E-state index in [0.29, 0.717) is 0 Å². The monoisotopic (exact) mass is 468 g/mol. The smallest absolute Gasteiger partial charge is 0.0434 e. The Balaban J connectivity index is 1.29. The highest BCUT2D eigenvalue weighted by atomic mass is 32.1. The lowest BCUT2D eigenvalue weighted by molar-refractivity contribution is 1.48. The maximum absolute atomic E-state index is 2.40. The Morgan fingerprint density at radius 1 is 0.412 bits per heavy atom. The van der Waals surface area contributed by atoms with E-state index in [1.165, 1.54) is 85.9 Å². The van der Waals surface area contributed by atoms with Gasteiger partial charge in [-0.3, -0.25) is 0 Å². The van der Waals surface area contributed by atoms with Gasteiger partial charge in [-0.2, -0.15) is 0 Å². The lowest BCUT2D eigenvalue weighted by Gasteiger charge is -2.07. The number of benzene rings is 4. The average molecular weight is 469 g/mol. The van der Waals surface area contributed by atoms with E-state index in [1.807, 2.05) is 22.7 Å². The Morgan fingerprint density at radius 3 is 1.21 bits per heavy atom. The van der Waals surface area contributed by atoms with Crippen LogP contribution in [-0.2, 0) is 0 Å². The summed E-state index contributed by atoms with van der Waals surface area (Å²) in [6.07, 6.45) is 0. The first-order valence-electron chi connectivity index (χ1n) is 11.7. The number of fused-ring (bicyclic) bond motifs is 6. The van der Waals surface area contributed by atoms with Crippen LogP contribution in [0.25, 0.3) is 74.8 Å². The molecule has 34 heavy (non-hydrogen) atoms. The summed E-state index contributed by atoms with van der Waals surface area (Å²) in [5.41, 5.74) is 13.6. The highest BCUT2D eigenvalue weighted by molar-refractivity contribution is 7.20. The van der Waals surface area contributed by atoms with Gasteiger partial charge in [0.15, 0.2) is 0 Å². The second-order valence-corrected chi connectivity index (χ2v) is 11.6. The summed E-state index contributed by atoms with van der Waals surface area (Å²) in [6.45, 7) is 4.29. The van der Waals surface area contributed by atoms with Gasteiger partial charge < -0.3 is 0 Å². The fourth-order valence-electron chi connectivity index (χ4n) is 5.63. The molecule has 2 aliphatic rings. The van der Waals surface area contributed by atoms with E-state index in [9.17, 15) is 0 Å². The van der Waals surface area contributed by atoms with E-state index in [2.05, 4.69) is 98.8 Å². The van der Waals surface area contributed by atoms with Crippen LogP contribution in [0.5, 0.6) is 0 Å². The molecule has 160 valence electrons. The number of rotatable bonds is 2. The Labute approximate surface area is 206 Å². The first-order valence-corrected chi connectivity index (χ1v) is 13.3. The fourth-order valence-corrected chi connectivity index (χ4v) is 8.04. The third kappa shape index (κ3) is 2.42. The predicted molar refractivity (Wildman–Crippen MR) is 149 cm³/mol. The van der Waals surface area contributed by atoms with Crippen molar-refractivity contribution in [3.05, 3.63) is 96.1 Å². The van der Waals surface area contributed by atoms with Gasteiger partial charge in [0.25, 0.3) is 0 Å². The summed E-state index contributed by atoms with van der Waals surface area (Å²) >= 11 is 3.86. The molecule has 0 N–H and O–H groups in total. The van der Waals surface area contributed by atoms with Crippen LogP contribution in [0.2, 0.25) is 0 Å². The van der Waals surface area contributed by atoms with Crippen LogP contribution in [-0.4, -0.2) is 0 Å². The highest BCUT2D eigenvalue weighted by Crippen LogP contribution is 2.60. The van der Waals surface area contributed by atoms with Gasteiger partial charge in [0, 0.05) is 41.8 Å². The molecule has 0 radical (unpaired) electrons. The number of thiophene rings is 2. The van der Waals surface area contributed by atoms with Crippen molar-refractivity contribution in [2.75, 3.05) is 0 Å². The topological polar surface area (TPSA) is 0 Å². The summed E-state index contributed by atoms with van der Waals surface area (Å²) in [5.74, 6) is 0. The maximum atomic E-state index is 2.40. The minimum atomic E-state index is 1.31. The third-order valence-corrected chi connectivity index (χ3v) is 9.80. The molecule has 6 aromatic rings. The van der Waals surface area contributed by atoms with Crippen molar-refractivity contribution in [1.29, 1.82) is 0 Å². The van der Waals surface area contributed by atoms with Gasteiger partial charge in [0.1, 0.15) is 0 Å². The normalized spacial score (nSPS) is 12.4. The SMILES string of the molecule is Cc1ccc(-c2cc3c(s2)-c2ccc4c5c(ccc-3c25)-c2cc(-c3ccc(C)cc3)sc2-4)cc1. The summed E-state index contributed by atoms with van der Waals surface area (Å²) < 4.78 is 0. The zero-order valence-corrected chi connectivity index (χ0v) is 20.5. The Morgan fingerprint density at radius 2 is 0.794 bits per heavy atom. The number of hydrogen-bond donors (Lipinski definition) is 0. The van der Waals surface area contributed by atoms with Gasteiger partial charge in [-0.05, 0) is 59.0 Å². The summed E-state index contributed by atoms with van der Waals surface area (Å²) in [5, 5.41) is 2.90. The Hall–Kier alpha value is -3.46. The minimum absolute atomic E-state index is 1.31. The van der Waals surface area contributed by atoms with Gasteiger partial charge in [-0.1, -0.05) is 83.9 Å². The molecule has 0 atom stereocenters. The second kappa shape index (κ2) is 6.56. The third-order valence-electron chi connectivity index (χ3n) is 7.37. The van der Waals surface area contributed by atoms with Gasteiger partial charge in [0.2, 0.25) is 0 Å². The van der Waals surface area contributed by atoms with Crippen molar-refractivity contribution >= 4 is 33.4 Å². The van der Waals surface area contributed by atoms with Crippen molar-refractivity contribution in [3.63, 3.8) is 0 Å². The van der Waals surface area contributed by atoms with Crippen molar-refractivity contribution in [3.8, 4) is 64.0 Å². The van der Waals surface area contributed by atoms with Crippen molar-refractivity contribution in [2.24, 2.45) is 0 Å². The average Bonchev–Trinajstić information content (AvgIpc) is 3.59. The van der Waals surface area contributed by atoms with Gasteiger partial charge >= 0.3 is 0 Å². The first kappa shape index (κ1) is 18.9. The van der Waals surface area contributed by atoms with E-state index >= 15 is 0 Å². The zero-order chi connectivity index (χ0) is 22.6. The van der Waals surface area contributed by atoms with E-state index in [-0.39, 0.29) is 0 Å². The molecule has 8 rings (SSSR count). The van der Waals surface area contributed by atoms with Crippen LogP contribution >= 0.6 is 22.7 Å². The quantitative estimate of drug-likeness (QED) is 0.237. The molecular formula is C32H20S2. The van der Waals surface area contributed by atoms with Crippen LogP contribution in [0, 0.1) is 13.8 Å². The number of hydrogen-bond acceptors (Lipinski definition) is 2. The molecular weight excluding hydrogens is 448 g/mol.